The van der Waals surface area contributed by atoms with Gasteiger partial charge in [-0.25, -0.2) is 8.42 Å². The maximum absolute atomic E-state index is 12.0. The minimum absolute atomic E-state index is 0.215. The van der Waals surface area contributed by atoms with Crippen molar-refractivity contribution in [2.24, 2.45) is 17.3 Å². The smallest absolute Gasteiger partial charge is 0.154 e. The Morgan fingerprint density at radius 3 is 2.11 bits per heavy atom. The van der Waals surface area contributed by atoms with Crippen LogP contribution in [0.3, 0.4) is 0 Å². The van der Waals surface area contributed by atoms with E-state index >= 15 is 0 Å². The molecule has 0 radical (unpaired) electrons. The van der Waals surface area contributed by atoms with Crippen LogP contribution in [0.4, 0.5) is 0 Å². The van der Waals surface area contributed by atoms with E-state index < -0.39 is 14.6 Å². The second kappa shape index (κ2) is 5.12. The molecule has 108 valence electrons. The van der Waals surface area contributed by atoms with Crippen molar-refractivity contribution in [1.82, 2.24) is 5.32 Å². The van der Waals surface area contributed by atoms with Gasteiger partial charge in [-0.15, -0.1) is 0 Å². The average molecular weight is 275 g/mol. The molecule has 18 heavy (non-hydrogen) atoms. The van der Waals surface area contributed by atoms with Gasteiger partial charge >= 0.3 is 0 Å². The molecule has 1 rings (SSSR count). The van der Waals surface area contributed by atoms with Gasteiger partial charge in [0.15, 0.2) is 9.84 Å². The third-order valence-corrected chi connectivity index (χ3v) is 6.30. The van der Waals surface area contributed by atoms with Crippen LogP contribution in [0.5, 0.6) is 0 Å². The third-order valence-electron chi connectivity index (χ3n) is 4.25. The van der Waals surface area contributed by atoms with Crippen molar-refractivity contribution in [2.75, 3.05) is 19.3 Å². The quantitative estimate of drug-likeness (QED) is 0.838. The van der Waals surface area contributed by atoms with Crippen LogP contribution < -0.4 is 5.32 Å². The van der Waals surface area contributed by atoms with Crippen molar-refractivity contribution in [3.8, 4) is 0 Å². The lowest BCUT2D eigenvalue weighted by molar-refractivity contribution is 0.0915. The molecule has 0 aliphatic heterocycles. The molecular weight excluding hydrogens is 246 g/mol. The molecule has 1 aliphatic rings. The van der Waals surface area contributed by atoms with Crippen LogP contribution in [-0.4, -0.2) is 32.5 Å². The van der Waals surface area contributed by atoms with E-state index in [0.717, 1.165) is 19.4 Å². The van der Waals surface area contributed by atoms with Gasteiger partial charge in [0, 0.05) is 12.8 Å². The first-order chi connectivity index (χ1) is 7.98. The van der Waals surface area contributed by atoms with Crippen molar-refractivity contribution in [3.05, 3.63) is 0 Å². The molecule has 1 fully saturated rings. The zero-order valence-corrected chi connectivity index (χ0v) is 13.5. The molecule has 1 N–H and O–H groups in total. The number of nitrogens with one attached hydrogen (secondary N) is 1. The topological polar surface area (TPSA) is 46.2 Å². The Bertz CT molecular complexity index is 373. The van der Waals surface area contributed by atoms with E-state index in [4.69, 9.17) is 0 Å². The Morgan fingerprint density at radius 1 is 1.28 bits per heavy atom. The van der Waals surface area contributed by atoms with Crippen LogP contribution in [0.25, 0.3) is 0 Å². The summed E-state index contributed by atoms with van der Waals surface area (Å²) in [6.07, 6.45) is 3.00. The summed E-state index contributed by atoms with van der Waals surface area (Å²) in [6, 6.07) is 0. The van der Waals surface area contributed by atoms with Crippen molar-refractivity contribution in [2.45, 2.75) is 52.2 Å². The van der Waals surface area contributed by atoms with E-state index in [2.05, 4.69) is 39.9 Å². The highest BCUT2D eigenvalue weighted by Gasteiger charge is 2.54. The lowest BCUT2D eigenvalue weighted by atomic mass is 9.62. The normalized spacial score (nSPS) is 29.4. The highest BCUT2D eigenvalue weighted by Crippen LogP contribution is 2.51. The lowest BCUT2D eigenvalue weighted by Gasteiger charge is -2.51. The largest absolute Gasteiger partial charge is 0.315 e. The second-order valence-corrected chi connectivity index (χ2v) is 9.86. The first kappa shape index (κ1) is 16.0. The highest BCUT2D eigenvalue weighted by atomic mass is 32.2. The number of rotatable bonds is 5. The van der Waals surface area contributed by atoms with Gasteiger partial charge in [-0.3, -0.25) is 0 Å². The fourth-order valence-electron chi connectivity index (χ4n) is 2.62. The molecule has 0 amide bonds. The Morgan fingerprint density at radius 2 is 1.78 bits per heavy atom. The predicted octanol–water partition coefficient (Wildman–Crippen LogP) is 2.47. The van der Waals surface area contributed by atoms with Crippen LogP contribution in [0.15, 0.2) is 0 Å². The molecule has 0 unspecified atom stereocenters. The minimum atomic E-state index is -2.98. The monoisotopic (exact) mass is 275 g/mol. The maximum Gasteiger partial charge on any atom is 0.154 e. The molecular formula is C14H29NO2S. The number of hydrogen-bond acceptors (Lipinski definition) is 3. The number of sulfone groups is 1. The van der Waals surface area contributed by atoms with Gasteiger partial charge in [-0.05, 0) is 36.6 Å². The summed E-state index contributed by atoms with van der Waals surface area (Å²) in [5, 5.41) is 3.33. The van der Waals surface area contributed by atoms with E-state index in [1.54, 1.807) is 0 Å². The van der Waals surface area contributed by atoms with Gasteiger partial charge in [-0.1, -0.05) is 34.6 Å². The van der Waals surface area contributed by atoms with Gasteiger partial charge in [-0.2, -0.15) is 0 Å². The van der Waals surface area contributed by atoms with Crippen molar-refractivity contribution < 1.29 is 8.42 Å². The van der Waals surface area contributed by atoms with E-state index in [0.29, 0.717) is 18.4 Å². The van der Waals surface area contributed by atoms with Crippen molar-refractivity contribution in [3.63, 3.8) is 0 Å². The standard InChI is InChI=1S/C14H29NO2S/c1-11(2)9-15-10-14(18(6,16)17)7-12(8-14)13(3,4)5/h11-12,15H,7-10H2,1-6H3. The molecule has 4 heteroatoms. The maximum atomic E-state index is 12.0. The van der Waals surface area contributed by atoms with Crippen LogP contribution in [0.2, 0.25) is 0 Å². The molecule has 0 spiro atoms. The van der Waals surface area contributed by atoms with Crippen molar-refractivity contribution >= 4 is 9.84 Å². The van der Waals surface area contributed by atoms with Gasteiger partial charge < -0.3 is 5.32 Å². The van der Waals surface area contributed by atoms with Gasteiger partial charge in [0.25, 0.3) is 0 Å². The summed E-state index contributed by atoms with van der Waals surface area (Å²) < 4.78 is 23.6. The van der Waals surface area contributed by atoms with Gasteiger partial charge in [0.05, 0.1) is 4.75 Å². The summed E-state index contributed by atoms with van der Waals surface area (Å²) in [4.78, 5) is 0. The zero-order chi connectivity index (χ0) is 14.2. The number of hydrogen-bond donors (Lipinski definition) is 1. The average Bonchev–Trinajstić information content (AvgIpc) is 2.03. The Labute approximate surface area is 113 Å². The molecule has 0 aromatic heterocycles. The van der Waals surface area contributed by atoms with E-state index in [-0.39, 0.29) is 5.41 Å². The highest BCUT2D eigenvalue weighted by molar-refractivity contribution is 7.92. The molecule has 1 aliphatic carbocycles. The van der Waals surface area contributed by atoms with Crippen LogP contribution in [-0.2, 0) is 9.84 Å². The summed E-state index contributed by atoms with van der Waals surface area (Å²) in [7, 11) is -2.98. The zero-order valence-electron chi connectivity index (χ0n) is 12.7. The summed E-state index contributed by atoms with van der Waals surface area (Å²) in [5.41, 5.74) is 0.215. The van der Waals surface area contributed by atoms with Gasteiger partial charge in [0.1, 0.15) is 0 Å². The van der Waals surface area contributed by atoms with E-state index in [9.17, 15) is 8.42 Å². The fraction of sp³-hybridized carbons (Fsp3) is 1.00. The second-order valence-electron chi connectivity index (χ2n) is 7.45. The molecule has 3 nitrogen and oxygen atoms in total. The first-order valence-electron chi connectivity index (χ1n) is 6.88. The summed E-state index contributed by atoms with van der Waals surface area (Å²) >= 11 is 0. The molecule has 0 aromatic rings. The van der Waals surface area contributed by atoms with Crippen molar-refractivity contribution in [1.29, 1.82) is 0 Å². The van der Waals surface area contributed by atoms with Gasteiger partial charge in [0.2, 0.25) is 0 Å². The van der Waals surface area contributed by atoms with Crippen LogP contribution in [0, 0.1) is 17.3 Å². The van der Waals surface area contributed by atoms with Crippen LogP contribution >= 0.6 is 0 Å². The lowest BCUT2D eigenvalue weighted by Crippen LogP contribution is -2.58. The summed E-state index contributed by atoms with van der Waals surface area (Å²) in [6.45, 7) is 12.4. The molecule has 0 saturated heterocycles. The van der Waals surface area contributed by atoms with E-state index in [1.807, 2.05) is 0 Å². The minimum Gasteiger partial charge on any atom is -0.315 e. The van der Waals surface area contributed by atoms with Crippen LogP contribution in [0.1, 0.15) is 47.5 Å². The Kier molecular flexibility index (Phi) is 4.54. The Balaban J connectivity index is 2.66. The first-order valence-corrected chi connectivity index (χ1v) is 8.77. The SMILES string of the molecule is CC(C)CNCC1(S(C)(=O)=O)CC(C(C)(C)C)C1. The predicted molar refractivity (Wildman–Crippen MR) is 77.5 cm³/mol. The van der Waals surface area contributed by atoms with E-state index in [1.165, 1.54) is 6.26 Å². The molecule has 0 bridgehead atoms. The summed E-state index contributed by atoms with van der Waals surface area (Å²) in [5.74, 6) is 1.08. The fourth-order valence-corrected chi connectivity index (χ4v) is 3.99. The molecule has 0 aromatic carbocycles. The third kappa shape index (κ3) is 3.47. The molecule has 0 heterocycles. The molecule has 0 atom stereocenters. The Hall–Kier alpha value is -0.0900. The molecule has 1 saturated carbocycles.